The second-order valence-corrected chi connectivity index (χ2v) is 9.20. The van der Waals surface area contributed by atoms with Crippen LogP contribution in [0.2, 0.25) is 0 Å². The number of nitro benzene ring substituents is 1. The first-order chi connectivity index (χ1) is 12.0. The highest BCUT2D eigenvalue weighted by Gasteiger charge is 2.25. The Kier molecular flexibility index (Phi) is 5.71. The third-order valence-electron chi connectivity index (χ3n) is 4.34. The summed E-state index contributed by atoms with van der Waals surface area (Å²) in [5, 5.41) is 14.3. The molecule has 0 saturated carbocycles. The Morgan fingerprint density at radius 2 is 1.77 bits per heavy atom. The summed E-state index contributed by atoms with van der Waals surface area (Å²) in [6.07, 6.45) is 1.78. The van der Waals surface area contributed by atoms with Crippen molar-refractivity contribution in [3.63, 3.8) is 0 Å². The maximum atomic E-state index is 11.9. The molecule has 7 heteroatoms. The fraction of sp³-hybridized carbons (Fsp3) is 0.368. The van der Waals surface area contributed by atoms with Gasteiger partial charge in [0.25, 0.3) is 5.69 Å². The molecule has 140 valence electrons. The van der Waals surface area contributed by atoms with Crippen LogP contribution in [0.3, 0.4) is 0 Å². The van der Waals surface area contributed by atoms with E-state index >= 15 is 0 Å². The summed E-state index contributed by atoms with van der Waals surface area (Å²) in [5.41, 5.74) is 1.28. The third-order valence-corrected chi connectivity index (χ3v) is 5.47. The molecular weight excluding hydrogens is 352 g/mol. The molecule has 26 heavy (non-hydrogen) atoms. The minimum absolute atomic E-state index is 0.0408. The topological polar surface area (TPSA) is 89.3 Å². The molecule has 0 aliphatic rings. The van der Waals surface area contributed by atoms with Gasteiger partial charge in [-0.05, 0) is 36.5 Å². The number of hydrogen-bond donors (Lipinski definition) is 1. The predicted molar refractivity (Wildman–Crippen MR) is 103 cm³/mol. The van der Waals surface area contributed by atoms with E-state index in [1.807, 2.05) is 25.1 Å². The number of rotatable bonds is 7. The number of nitrogens with one attached hydrogen (secondary N) is 1. The van der Waals surface area contributed by atoms with Gasteiger partial charge in [0.2, 0.25) is 0 Å². The summed E-state index contributed by atoms with van der Waals surface area (Å²) in [4.78, 5) is 10.1. The first-order valence-corrected chi connectivity index (χ1v) is 10.2. The number of nitro groups is 1. The monoisotopic (exact) mass is 376 g/mol. The van der Waals surface area contributed by atoms with Gasteiger partial charge < -0.3 is 5.32 Å². The van der Waals surface area contributed by atoms with Crippen molar-refractivity contribution in [3.05, 3.63) is 64.2 Å². The Labute approximate surface area is 154 Å². The summed E-state index contributed by atoms with van der Waals surface area (Å²) in [5.74, 6) is 0. The molecule has 2 rings (SSSR count). The Morgan fingerprint density at radius 1 is 1.15 bits per heavy atom. The molecule has 6 nitrogen and oxygen atoms in total. The largest absolute Gasteiger partial charge is 0.383 e. The van der Waals surface area contributed by atoms with Crippen LogP contribution in [0.1, 0.15) is 32.8 Å². The lowest BCUT2D eigenvalue weighted by molar-refractivity contribution is -0.387. The van der Waals surface area contributed by atoms with Crippen molar-refractivity contribution < 1.29 is 13.3 Å². The molecule has 0 radical (unpaired) electrons. The van der Waals surface area contributed by atoms with Gasteiger partial charge >= 0.3 is 0 Å². The van der Waals surface area contributed by atoms with E-state index < -0.39 is 20.4 Å². The summed E-state index contributed by atoms with van der Waals surface area (Å²) in [6.45, 7) is 6.31. The molecule has 1 N–H and O–H groups in total. The molecule has 0 spiro atoms. The maximum absolute atomic E-state index is 11.9. The summed E-state index contributed by atoms with van der Waals surface area (Å²) >= 11 is 0. The van der Waals surface area contributed by atoms with Crippen molar-refractivity contribution in [2.24, 2.45) is 0 Å². The van der Waals surface area contributed by atoms with Crippen molar-refractivity contribution in [1.82, 2.24) is 0 Å². The summed E-state index contributed by atoms with van der Waals surface area (Å²) in [6, 6.07) is 14.3. The van der Waals surface area contributed by atoms with Gasteiger partial charge in [-0.15, -0.1) is 0 Å². The molecule has 0 heterocycles. The van der Waals surface area contributed by atoms with Crippen LogP contribution in [0.25, 0.3) is 0 Å². The molecule has 0 aromatic heterocycles. The van der Waals surface area contributed by atoms with Gasteiger partial charge in [-0.2, -0.15) is 0 Å². The van der Waals surface area contributed by atoms with Gasteiger partial charge in [-0.25, -0.2) is 8.42 Å². The van der Waals surface area contributed by atoms with Crippen molar-refractivity contribution >= 4 is 21.2 Å². The zero-order chi connectivity index (χ0) is 19.5. The van der Waals surface area contributed by atoms with Crippen LogP contribution < -0.4 is 5.32 Å². The molecule has 0 bridgehead atoms. The fourth-order valence-electron chi connectivity index (χ4n) is 3.16. The number of sulfone groups is 1. The second-order valence-electron chi connectivity index (χ2n) is 7.21. The molecule has 0 aliphatic heterocycles. The zero-order valence-electron chi connectivity index (χ0n) is 15.4. The molecule has 1 unspecified atom stereocenters. The normalized spacial score (nSPS) is 13.2. The highest BCUT2D eigenvalue weighted by atomic mass is 32.2. The van der Waals surface area contributed by atoms with Crippen molar-refractivity contribution in [2.75, 3.05) is 11.6 Å². The minimum atomic E-state index is -3.70. The molecule has 0 amide bonds. The predicted octanol–water partition coefficient (Wildman–Crippen LogP) is 4.17. The Balaban J connectivity index is 2.22. The summed E-state index contributed by atoms with van der Waals surface area (Å²) < 4.78 is 23.8. The highest BCUT2D eigenvalue weighted by molar-refractivity contribution is 7.90. The van der Waals surface area contributed by atoms with E-state index in [9.17, 15) is 18.5 Å². The summed E-state index contributed by atoms with van der Waals surface area (Å²) in [7, 11) is -3.70. The van der Waals surface area contributed by atoms with Crippen LogP contribution in [0.5, 0.6) is 0 Å². The molecule has 0 aliphatic carbocycles. The van der Waals surface area contributed by atoms with Crippen LogP contribution in [0.4, 0.5) is 11.4 Å². The molecule has 0 fully saturated rings. The Bertz CT molecular complexity index is 893. The van der Waals surface area contributed by atoms with Crippen molar-refractivity contribution in [3.8, 4) is 0 Å². The SMILES string of the molecule is CC(CC(C)(C)c1ccccc1)Nc1ccc([N+](=O)[O-])c(S(C)(=O)=O)c1. The fourth-order valence-corrected chi connectivity index (χ4v) is 4.02. The van der Waals surface area contributed by atoms with E-state index in [1.165, 1.54) is 17.7 Å². The van der Waals surface area contributed by atoms with E-state index in [0.717, 1.165) is 12.7 Å². The van der Waals surface area contributed by atoms with Crippen LogP contribution in [0, 0.1) is 10.1 Å². The van der Waals surface area contributed by atoms with E-state index in [0.29, 0.717) is 5.69 Å². The average Bonchev–Trinajstić information content (AvgIpc) is 2.54. The molecule has 2 aromatic carbocycles. The van der Waals surface area contributed by atoms with Crippen LogP contribution in [-0.2, 0) is 15.3 Å². The second kappa shape index (κ2) is 7.45. The van der Waals surface area contributed by atoms with E-state index in [-0.39, 0.29) is 16.4 Å². The molecule has 0 saturated heterocycles. The quantitative estimate of drug-likeness (QED) is 0.579. The van der Waals surface area contributed by atoms with Crippen LogP contribution >= 0.6 is 0 Å². The Hall–Kier alpha value is -2.41. The first kappa shape index (κ1) is 19.9. The van der Waals surface area contributed by atoms with E-state index in [1.54, 1.807) is 6.07 Å². The van der Waals surface area contributed by atoms with Crippen molar-refractivity contribution in [1.29, 1.82) is 0 Å². The number of nitrogens with zero attached hydrogens (tertiary/aromatic N) is 1. The first-order valence-electron chi connectivity index (χ1n) is 8.31. The lowest BCUT2D eigenvalue weighted by Gasteiger charge is -2.29. The van der Waals surface area contributed by atoms with Gasteiger partial charge in [0.1, 0.15) is 4.90 Å². The van der Waals surface area contributed by atoms with Gasteiger partial charge in [0.05, 0.1) is 4.92 Å². The average molecular weight is 376 g/mol. The highest BCUT2D eigenvalue weighted by Crippen LogP contribution is 2.31. The lowest BCUT2D eigenvalue weighted by Crippen LogP contribution is -2.27. The molecule has 2 aromatic rings. The Morgan fingerprint density at radius 3 is 2.31 bits per heavy atom. The number of benzene rings is 2. The van der Waals surface area contributed by atoms with Crippen LogP contribution in [-0.4, -0.2) is 25.6 Å². The van der Waals surface area contributed by atoms with Crippen molar-refractivity contribution in [2.45, 2.75) is 43.5 Å². The third kappa shape index (κ3) is 4.82. The van der Waals surface area contributed by atoms with Crippen LogP contribution in [0.15, 0.2) is 53.4 Å². The zero-order valence-corrected chi connectivity index (χ0v) is 16.2. The van der Waals surface area contributed by atoms with Gasteiger partial charge in [-0.3, -0.25) is 10.1 Å². The standard InChI is InChI=1S/C19H24N2O4S/c1-14(13-19(2,3)15-8-6-5-7-9-15)20-16-10-11-17(21(22)23)18(12-16)26(4,24)25/h5-12,14,20H,13H2,1-4H3. The molecular formula is C19H24N2O4S. The smallest absolute Gasteiger partial charge is 0.288 e. The molecule has 1 atom stereocenters. The number of hydrogen-bond acceptors (Lipinski definition) is 5. The number of anilines is 1. The van der Waals surface area contributed by atoms with E-state index in [2.05, 4.69) is 31.3 Å². The lowest BCUT2D eigenvalue weighted by atomic mass is 9.79. The van der Waals surface area contributed by atoms with E-state index in [4.69, 9.17) is 0 Å². The van der Waals surface area contributed by atoms with Gasteiger partial charge in [0, 0.05) is 24.1 Å². The minimum Gasteiger partial charge on any atom is -0.383 e. The maximum Gasteiger partial charge on any atom is 0.288 e. The van der Waals surface area contributed by atoms with Gasteiger partial charge in [0.15, 0.2) is 9.84 Å². The van der Waals surface area contributed by atoms with Gasteiger partial charge in [-0.1, -0.05) is 44.2 Å².